The van der Waals surface area contributed by atoms with Crippen LogP contribution in [0.5, 0.6) is 0 Å². The summed E-state index contributed by atoms with van der Waals surface area (Å²) in [5.74, 6) is 0.419. The molecule has 2 heterocycles. The molecule has 0 saturated carbocycles. The average molecular weight is 342 g/mol. The average Bonchev–Trinajstić information content (AvgIpc) is 2.67. The Bertz CT molecular complexity index is 775. The van der Waals surface area contributed by atoms with Crippen LogP contribution in [0.4, 0.5) is 17.3 Å². The van der Waals surface area contributed by atoms with Crippen molar-refractivity contribution in [2.45, 2.75) is 0 Å². The van der Waals surface area contributed by atoms with Gasteiger partial charge >= 0.3 is 0 Å². The van der Waals surface area contributed by atoms with Crippen molar-refractivity contribution in [2.75, 3.05) is 43.4 Å². The van der Waals surface area contributed by atoms with Gasteiger partial charge in [-0.25, -0.2) is 9.97 Å². The number of amides is 1. The van der Waals surface area contributed by atoms with E-state index >= 15 is 0 Å². The molecule has 0 unspecified atom stereocenters. The van der Waals surface area contributed by atoms with Crippen LogP contribution < -0.4 is 10.2 Å². The molecular weight excluding hydrogens is 324 g/mol. The predicted molar refractivity (Wildman–Crippen MR) is 92.8 cm³/mol. The zero-order chi connectivity index (χ0) is 17.8. The summed E-state index contributed by atoms with van der Waals surface area (Å²) in [4.78, 5) is 35.4. The van der Waals surface area contributed by atoms with Gasteiger partial charge in [-0.15, -0.1) is 0 Å². The quantitative estimate of drug-likeness (QED) is 0.661. The highest BCUT2D eigenvalue weighted by Gasteiger charge is 2.26. The van der Waals surface area contributed by atoms with Gasteiger partial charge in [0, 0.05) is 63.4 Å². The van der Waals surface area contributed by atoms with E-state index in [-0.39, 0.29) is 11.6 Å². The van der Waals surface area contributed by atoms with Crippen LogP contribution in [-0.4, -0.2) is 58.9 Å². The maximum atomic E-state index is 12.8. The molecule has 0 spiro atoms. The zero-order valence-electron chi connectivity index (χ0n) is 13.8. The molecule has 25 heavy (non-hydrogen) atoms. The number of non-ortho nitro benzene ring substituents is 1. The fourth-order valence-corrected chi connectivity index (χ4v) is 2.78. The van der Waals surface area contributed by atoms with Crippen LogP contribution in [0.15, 0.2) is 36.7 Å². The van der Waals surface area contributed by atoms with Gasteiger partial charge < -0.3 is 15.1 Å². The second-order valence-corrected chi connectivity index (χ2v) is 5.57. The van der Waals surface area contributed by atoms with Gasteiger partial charge in [-0.3, -0.25) is 14.9 Å². The monoisotopic (exact) mass is 342 g/mol. The summed E-state index contributed by atoms with van der Waals surface area (Å²) >= 11 is 0. The molecular formula is C16H18N6O3. The number of piperazine rings is 1. The first-order valence-corrected chi connectivity index (χ1v) is 7.87. The van der Waals surface area contributed by atoms with Gasteiger partial charge in [-0.2, -0.15) is 0 Å². The summed E-state index contributed by atoms with van der Waals surface area (Å²) < 4.78 is 0. The molecule has 2 aromatic rings. The van der Waals surface area contributed by atoms with Crippen LogP contribution in [0, 0.1) is 10.1 Å². The van der Waals surface area contributed by atoms with Gasteiger partial charge in [0.15, 0.2) is 0 Å². The smallest absolute Gasteiger partial charge is 0.270 e. The topological polar surface area (TPSA) is 104 Å². The van der Waals surface area contributed by atoms with Gasteiger partial charge in [0.1, 0.15) is 0 Å². The van der Waals surface area contributed by atoms with Gasteiger partial charge in [-0.1, -0.05) is 0 Å². The van der Waals surface area contributed by atoms with Gasteiger partial charge in [0.2, 0.25) is 5.95 Å². The fraction of sp³-hybridized carbons (Fsp3) is 0.312. The third-order valence-electron chi connectivity index (χ3n) is 4.12. The Labute approximate surface area is 144 Å². The lowest BCUT2D eigenvalue weighted by molar-refractivity contribution is -0.384. The Balaban J connectivity index is 1.74. The molecule has 0 atom stereocenters. The number of benzene rings is 1. The Kier molecular flexibility index (Phi) is 4.73. The van der Waals surface area contributed by atoms with E-state index in [1.807, 2.05) is 4.90 Å². The maximum Gasteiger partial charge on any atom is 0.270 e. The summed E-state index contributed by atoms with van der Waals surface area (Å²) in [5.41, 5.74) is 0.782. The van der Waals surface area contributed by atoms with Gasteiger partial charge in [0.25, 0.3) is 11.6 Å². The SMILES string of the molecule is CNc1ccc([N+](=O)[O-])cc1C(=O)N1CCN(c2ncccn2)CC1. The maximum absolute atomic E-state index is 12.8. The Morgan fingerprint density at radius 1 is 1.20 bits per heavy atom. The first-order valence-electron chi connectivity index (χ1n) is 7.87. The molecule has 0 radical (unpaired) electrons. The molecule has 130 valence electrons. The molecule has 1 aromatic carbocycles. The second-order valence-electron chi connectivity index (χ2n) is 5.57. The highest BCUT2D eigenvalue weighted by Crippen LogP contribution is 2.24. The van der Waals surface area contributed by atoms with Crippen molar-refractivity contribution in [3.8, 4) is 0 Å². The summed E-state index contributed by atoms with van der Waals surface area (Å²) in [6.07, 6.45) is 3.37. The normalized spacial score (nSPS) is 14.3. The number of anilines is 2. The number of aromatic nitrogens is 2. The third kappa shape index (κ3) is 3.49. The molecule has 3 rings (SSSR count). The number of carbonyl (C=O) groups excluding carboxylic acids is 1. The van der Waals surface area contributed by atoms with Gasteiger partial charge in [-0.05, 0) is 12.1 Å². The number of nitro groups is 1. The van der Waals surface area contributed by atoms with Crippen LogP contribution in [0.25, 0.3) is 0 Å². The number of hydrogen-bond donors (Lipinski definition) is 1. The van der Waals surface area contributed by atoms with Crippen molar-refractivity contribution < 1.29 is 9.72 Å². The predicted octanol–water partition coefficient (Wildman–Crippen LogP) is 1.39. The van der Waals surface area contributed by atoms with E-state index in [4.69, 9.17) is 0 Å². The van der Waals surface area contributed by atoms with E-state index in [9.17, 15) is 14.9 Å². The molecule has 0 bridgehead atoms. The second kappa shape index (κ2) is 7.12. The number of hydrogen-bond acceptors (Lipinski definition) is 7. The van der Waals surface area contributed by atoms with Gasteiger partial charge in [0.05, 0.1) is 10.5 Å². The zero-order valence-corrected chi connectivity index (χ0v) is 13.8. The minimum Gasteiger partial charge on any atom is -0.387 e. The lowest BCUT2D eigenvalue weighted by Gasteiger charge is -2.34. The van der Waals surface area contributed by atoms with Crippen LogP contribution >= 0.6 is 0 Å². The summed E-state index contributed by atoms with van der Waals surface area (Å²) in [5, 5.41) is 13.9. The molecule has 1 fully saturated rings. The van der Waals surface area contributed by atoms with E-state index in [1.54, 1.807) is 36.5 Å². The highest BCUT2D eigenvalue weighted by atomic mass is 16.6. The van der Waals surface area contributed by atoms with Crippen LogP contribution in [0.3, 0.4) is 0 Å². The molecule has 1 amide bonds. The molecule has 9 heteroatoms. The first kappa shape index (κ1) is 16.6. The number of carbonyl (C=O) groups is 1. The minimum atomic E-state index is -0.499. The molecule has 1 aliphatic heterocycles. The van der Waals surface area contributed by atoms with E-state index in [0.717, 1.165) is 0 Å². The van der Waals surface area contributed by atoms with Crippen molar-refractivity contribution in [3.05, 3.63) is 52.3 Å². The first-order chi connectivity index (χ1) is 12.1. The minimum absolute atomic E-state index is 0.0985. The number of rotatable bonds is 4. The third-order valence-corrected chi connectivity index (χ3v) is 4.12. The summed E-state index contributed by atoms with van der Waals surface area (Å²) in [7, 11) is 1.68. The van der Waals surface area contributed by atoms with Crippen molar-refractivity contribution in [3.63, 3.8) is 0 Å². The van der Waals surface area contributed by atoms with Crippen molar-refractivity contribution in [1.29, 1.82) is 0 Å². The molecule has 1 saturated heterocycles. The Morgan fingerprint density at radius 2 is 1.88 bits per heavy atom. The highest BCUT2D eigenvalue weighted by molar-refractivity contribution is 6.00. The largest absolute Gasteiger partial charge is 0.387 e. The fourth-order valence-electron chi connectivity index (χ4n) is 2.78. The molecule has 0 aliphatic carbocycles. The Hall–Kier alpha value is -3.23. The van der Waals surface area contributed by atoms with Crippen molar-refractivity contribution in [2.24, 2.45) is 0 Å². The summed E-state index contributed by atoms with van der Waals surface area (Å²) in [6, 6.07) is 6.01. The van der Waals surface area contributed by atoms with E-state index in [1.165, 1.54) is 12.1 Å². The number of nitro benzene ring substituents is 1. The molecule has 1 aromatic heterocycles. The lowest BCUT2D eigenvalue weighted by Crippen LogP contribution is -2.49. The van der Waals surface area contributed by atoms with Crippen LogP contribution in [0.2, 0.25) is 0 Å². The number of nitrogens with one attached hydrogen (secondary N) is 1. The van der Waals surface area contributed by atoms with Crippen LogP contribution in [-0.2, 0) is 0 Å². The standard InChI is InChI=1S/C16H18N6O3/c1-17-14-4-3-12(22(24)25)11-13(14)15(23)20-7-9-21(10-8-20)16-18-5-2-6-19-16/h2-6,11,17H,7-10H2,1H3. The molecule has 9 nitrogen and oxygen atoms in total. The van der Waals surface area contributed by atoms with E-state index < -0.39 is 4.92 Å². The van der Waals surface area contributed by atoms with Crippen molar-refractivity contribution in [1.82, 2.24) is 14.9 Å². The number of nitrogens with zero attached hydrogens (tertiary/aromatic N) is 5. The Morgan fingerprint density at radius 3 is 2.48 bits per heavy atom. The summed E-state index contributed by atoms with van der Waals surface area (Å²) in [6.45, 7) is 2.23. The lowest BCUT2D eigenvalue weighted by atomic mass is 10.1. The van der Waals surface area contributed by atoms with E-state index in [0.29, 0.717) is 43.4 Å². The van der Waals surface area contributed by atoms with Crippen molar-refractivity contribution >= 4 is 23.2 Å². The van der Waals surface area contributed by atoms with Crippen LogP contribution in [0.1, 0.15) is 10.4 Å². The molecule has 1 N–H and O–H groups in total. The molecule has 1 aliphatic rings. The van der Waals surface area contributed by atoms with E-state index in [2.05, 4.69) is 15.3 Å².